The molecule has 0 amide bonds. The molecule has 2 aromatic carbocycles. The minimum atomic E-state index is -2.03. The second-order valence-corrected chi connectivity index (χ2v) is 23.2. The van der Waals surface area contributed by atoms with E-state index in [9.17, 15) is 0 Å². The molecule has 25 heavy (non-hydrogen) atoms. The summed E-state index contributed by atoms with van der Waals surface area (Å²) in [5, 5.41) is 0. The third kappa shape index (κ3) is 6.64. The third-order valence-electron chi connectivity index (χ3n) is 3.99. The van der Waals surface area contributed by atoms with Gasteiger partial charge in [0.05, 0.1) is 0 Å². The van der Waals surface area contributed by atoms with Crippen LogP contribution < -0.4 is 4.74 Å². The van der Waals surface area contributed by atoms with Crippen LogP contribution in [0, 0.1) is 0 Å². The van der Waals surface area contributed by atoms with E-state index in [2.05, 4.69) is 52.1 Å². The Morgan fingerprint density at radius 3 is 2.32 bits per heavy atom. The molecule has 0 heterocycles. The Labute approximate surface area is 156 Å². The first kappa shape index (κ1) is 20.3. The average Bonchev–Trinajstić information content (AvgIpc) is 2.60. The van der Waals surface area contributed by atoms with Crippen LogP contribution >= 0.6 is 0 Å². The molecule has 0 radical (unpaired) electrons. The minimum absolute atomic E-state index is 0.426. The molecule has 2 rings (SSSR count). The van der Waals surface area contributed by atoms with E-state index >= 15 is 0 Å². The molecule has 0 saturated carbocycles. The van der Waals surface area contributed by atoms with Gasteiger partial charge in [0.25, 0.3) is 0 Å². The first-order valence-corrected chi connectivity index (χ1v) is 19.3. The van der Waals surface area contributed by atoms with Crippen molar-refractivity contribution < 1.29 is 14.2 Å². The summed E-state index contributed by atoms with van der Waals surface area (Å²) in [4.78, 5) is 7.16. The normalized spacial score (nSPS) is 14.1. The zero-order chi connectivity index (χ0) is 18.3. The third-order valence-corrected chi connectivity index (χ3v) is 6.87. The number of hydrogen-bond donors (Lipinski definition) is 0. The van der Waals surface area contributed by atoms with Crippen molar-refractivity contribution >= 4 is 18.4 Å². The molecule has 0 saturated heterocycles. The van der Waals surface area contributed by atoms with E-state index in [0.29, 0.717) is 13.2 Å². The van der Waals surface area contributed by atoms with Crippen LogP contribution in [0.2, 0.25) is 14.8 Å². The van der Waals surface area contributed by atoms with Gasteiger partial charge in [-0.15, -0.1) is 0 Å². The summed E-state index contributed by atoms with van der Waals surface area (Å²) in [5.74, 6) is 0.852. The number of methoxy groups -OCH3 is 1. The first-order chi connectivity index (χ1) is 11.8. The predicted molar refractivity (Wildman–Crippen MR) is 106 cm³/mol. The van der Waals surface area contributed by atoms with E-state index in [-0.39, 0.29) is 0 Å². The van der Waals surface area contributed by atoms with Gasteiger partial charge in [0, 0.05) is 0 Å². The van der Waals surface area contributed by atoms with E-state index in [1.54, 1.807) is 7.11 Å². The monoisotopic (exact) mass is 450 g/mol. The van der Waals surface area contributed by atoms with Crippen LogP contribution in [0.3, 0.4) is 0 Å². The Morgan fingerprint density at radius 2 is 1.68 bits per heavy atom. The Hall–Kier alpha value is -1.04. The van der Waals surface area contributed by atoms with Gasteiger partial charge in [0.2, 0.25) is 0 Å². The number of rotatable bonds is 9. The summed E-state index contributed by atoms with van der Waals surface area (Å²) in [6.45, 7) is 3.20. The molecule has 0 bridgehead atoms. The van der Waals surface area contributed by atoms with E-state index in [1.807, 2.05) is 24.3 Å². The maximum atomic E-state index is 6.41. The predicted octanol–water partition coefficient (Wildman–Crippen LogP) is 5.02. The fourth-order valence-electron chi connectivity index (χ4n) is 2.50. The quantitative estimate of drug-likeness (QED) is 0.504. The van der Waals surface area contributed by atoms with Crippen molar-refractivity contribution in [2.75, 3.05) is 18.3 Å². The Morgan fingerprint density at radius 1 is 0.960 bits per heavy atom. The SMILES string of the molecule is COc1cccc(COCC(C)(O[CH2][Sn]([CH3])([CH3])[CH3])c2ccccc2)c1. The fraction of sp³-hybridized carbons (Fsp3) is 0.429. The second kappa shape index (κ2) is 9.06. The molecular formula is C21H30O3Sn. The summed E-state index contributed by atoms with van der Waals surface area (Å²) in [7, 11) is 1.68. The van der Waals surface area contributed by atoms with Crippen molar-refractivity contribution in [2.24, 2.45) is 0 Å². The summed E-state index contributed by atoms with van der Waals surface area (Å²) < 4.78 is 18.6. The summed E-state index contributed by atoms with van der Waals surface area (Å²) in [6.07, 6.45) is 0. The summed E-state index contributed by atoms with van der Waals surface area (Å²) in [6, 6.07) is 18.4. The van der Waals surface area contributed by atoms with Gasteiger partial charge in [-0.25, -0.2) is 0 Å². The van der Waals surface area contributed by atoms with Crippen molar-refractivity contribution in [3.63, 3.8) is 0 Å². The van der Waals surface area contributed by atoms with Crippen LogP contribution in [0.25, 0.3) is 0 Å². The first-order valence-electron chi connectivity index (χ1n) is 8.73. The van der Waals surface area contributed by atoms with Crippen LogP contribution in [0.1, 0.15) is 18.1 Å². The zero-order valence-electron chi connectivity index (χ0n) is 16.0. The van der Waals surface area contributed by atoms with Crippen LogP contribution in [-0.2, 0) is 21.7 Å². The van der Waals surface area contributed by atoms with Crippen molar-refractivity contribution in [3.05, 3.63) is 65.7 Å². The maximum absolute atomic E-state index is 6.41. The summed E-state index contributed by atoms with van der Waals surface area (Å²) in [5.41, 5.74) is 1.84. The van der Waals surface area contributed by atoms with Crippen molar-refractivity contribution in [2.45, 2.75) is 34.0 Å². The van der Waals surface area contributed by atoms with Gasteiger partial charge in [-0.1, -0.05) is 0 Å². The Bertz CT molecular complexity index is 652. The van der Waals surface area contributed by atoms with Gasteiger partial charge < -0.3 is 0 Å². The van der Waals surface area contributed by atoms with Crippen LogP contribution in [-0.4, -0.2) is 36.7 Å². The van der Waals surface area contributed by atoms with Crippen molar-refractivity contribution in [1.82, 2.24) is 0 Å². The molecule has 0 spiro atoms. The van der Waals surface area contributed by atoms with Gasteiger partial charge in [-0.3, -0.25) is 0 Å². The van der Waals surface area contributed by atoms with Gasteiger partial charge in [0.1, 0.15) is 0 Å². The standard InChI is InChI=1S/C18H21O3.3CH3.Sn/c1-18(20-3,16-9-5-4-6-10-16)14-21-13-15-8-7-11-17(12-15)19-2;;;;/h4-12H,3,13-14H2,1-2H3;3*1H3;. The van der Waals surface area contributed by atoms with Crippen LogP contribution in [0.4, 0.5) is 0 Å². The molecule has 0 aliphatic carbocycles. The molecule has 0 aromatic heterocycles. The molecule has 4 heteroatoms. The van der Waals surface area contributed by atoms with Gasteiger partial charge in [-0.2, -0.15) is 0 Å². The van der Waals surface area contributed by atoms with E-state index in [4.69, 9.17) is 14.2 Å². The molecule has 0 aliphatic heterocycles. The van der Waals surface area contributed by atoms with Gasteiger partial charge in [-0.05, 0) is 0 Å². The Kier molecular flexibility index (Phi) is 7.35. The number of hydrogen-bond acceptors (Lipinski definition) is 3. The van der Waals surface area contributed by atoms with E-state index in [1.165, 1.54) is 0 Å². The molecule has 136 valence electrons. The molecule has 1 unspecified atom stereocenters. The van der Waals surface area contributed by atoms with E-state index < -0.39 is 24.0 Å². The molecule has 0 fully saturated rings. The average molecular weight is 449 g/mol. The molecule has 1 atom stereocenters. The second-order valence-electron chi connectivity index (χ2n) is 7.79. The Balaban J connectivity index is 2.05. The number of ether oxygens (including phenoxy) is 3. The zero-order valence-corrected chi connectivity index (χ0v) is 18.9. The molecule has 3 nitrogen and oxygen atoms in total. The molecular weight excluding hydrogens is 419 g/mol. The van der Waals surface area contributed by atoms with Crippen molar-refractivity contribution in [3.8, 4) is 5.75 Å². The topological polar surface area (TPSA) is 27.7 Å². The molecule has 0 N–H and O–H groups in total. The molecule has 2 aromatic rings. The fourth-order valence-corrected chi connectivity index (χ4v) is 4.65. The van der Waals surface area contributed by atoms with Crippen molar-refractivity contribution in [1.29, 1.82) is 0 Å². The molecule has 0 aliphatic rings. The van der Waals surface area contributed by atoms with Gasteiger partial charge >= 0.3 is 156 Å². The summed E-state index contributed by atoms with van der Waals surface area (Å²) >= 11 is -2.03. The van der Waals surface area contributed by atoms with Crippen LogP contribution in [0.15, 0.2) is 54.6 Å². The van der Waals surface area contributed by atoms with Gasteiger partial charge in [0.15, 0.2) is 0 Å². The van der Waals surface area contributed by atoms with E-state index in [0.717, 1.165) is 21.5 Å². The number of benzene rings is 2. The van der Waals surface area contributed by atoms with Crippen LogP contribution in [0.5, 0.6) is 5.75 Å².